The van der Waals surface area contributed by atoms with E-state index in [9.17, 15) is 9.59 Å². The number of aliphatic carboxylic acids is 1. The Morgan fingerprint density at radius 3 is 2.68 bits per heavy atom. The summed E-state index contributed by atoms with van der Waals surface area (Å²) in [5, 5.41) is 9.11. The fraction of sp³-hybridized carbons (Fsp3) is 0.429. The topological polar surface area (TPSA) is 66.8 Å². The van der Waals surface area contributed by atoms with E-state index in [1.54, 1.807) is 23.1 Å². The molecule has 0 saturated heterocycles. The molecule has 1 heterocycles. The first-order valence-electron chi connectivity index (χ1n) is 6.38. The van der Waals surface area contributed by atoms with Gasteiger partial charge in [-0.25, -0.2) is 4.79 Å². The highest BCUT2D eigenvalue weighted by Gasteiger charge is 2.44. The highest BCUT2D eigenvalue weighted by molar-refractivity contribution is 5.99. The average molecular weight is 261 g/mol. The normalized spacial score (nSPS) is 28.3. The van der Waals surface area contributed by atoms with E-state index in [0.29, 0.717) is 17.4 Å². The summed E-state index contributed by atoms with van der Waals surface area (Å²) < 4.78 is 5.41. The van der Waals surface area contributed by atoms with Gasteiger partial charge in [-0.3, -0.25) is 4.79 Å². The lowest BCUT2D eigenvalue weighted by Crippen LogP contribution is -2.47. The van der Waals surface area contributed by atoms with Crippen molar-refractivity contribution in [2.45, 2.75) is 19.4 Å². The molecule has 2 aliphatic rings. The summed E-state index contributed by atoms with van der Waals surface area (Å²) in [6, 6.07) is 7.07. The molecule has 1 fully saturated rings. The van der Waals surface area contributed by atoms with Gasteiger partial charge in [-0.1, -0.05) is 19.1 Å². The number of fused-ring (bicyclic) bond motifs is 1. The lowest BCUT2D eigenvalue weighted by atomic mass is 10.1. The van der Waals surface area contributed by atoms with Gasteiger partial charge in [0.05, 0.1) is 12.2 Å². The van der Waals surface area contributed by atoms with Gasteiger partial charge in [0.2, 0.25) is 12.0 Å². The third kappa shape index (κ3) is 2.05. The van der Waals surface area contributed by atoms with E-state index in [2.05, 4.69) is 0 Å². The number of amides is 1. The van der Waals surface area contributed by atoms with Crippen molar-refractivity contribution in [3.63, 3.8) is 0 Å². The molecule has 0 aromatic heterocycles. The molecular formula is C14H15NO4. The van der Waals surface area contributed by atoms with Gasteiger partial charge in [-0.2, -0.15) is 0 Å². The predicted molar refractivity (Wildman–Crippen MR) is 68.1 cm³/mol. The molecule has 1 aliphatic heterocycles. The van der Waals surface area contributed by atoms with Crippen LogP contribution in [0.25, 0.3) is 0 Å². The predicted octanol–water partition coefficient (Wildman–Crippen LogP) is 1.52. The molecule has 3 rings (SSSR count). The molecule has 0 spiro atoms. The number of ether oxygens (including phenoxy) is 1. The van der Waals surface area contributed by atoms with Crippen molar-refractivity contribution < 1.29 is 19.4 Å². The molecule has 1 aliphatic carbocycles. The van der Waals surface area contributed by atoms with Gasteiger partial charge in [0.1, 0.15) is 5.75 Å². The second-order valence-electron chi connectivity index (χ2n) is 5.18. The smallest absolute Gasteiger partial charge is 0.346 e. The van der Waals surface area contributed by atoms with Crippen LogP contribution in [0.5, 0.6) is 5.75 Å². The first-order valence-corrected chi connectivity index (χ1v) is 6.38. The molecule has 19 heavy (non-hydrogen) atoms. The van der Waals surface area contributed by atoms with Gasteiger partial charge in [0.25, 0.3) is 0 Å². The Hall–Kier alpha value is -2.04. The van der Waals surface area contributed by atoms with Gasteiger partial charge < -0.3 is 14.7 Å². The quantitative estimate of drug-likeness (QED) is 0.876. The van der Waals surface area contributed by atoms with Gasteiger partial charge in [0, 0.05) is 5.92 Å². The zero-order chi connectivity index (χ0) is 13.6. The average Bonchev–Trinajstić information content (AvgIpc) is 3.13. The second-order valence-corrected chi connectivity index (χ2v) is 5.18. The molecule has 0 bridgehead atoms. The molecule has 3 unspecified atom stereocenters. The van der Waals surface area contributed by atoms with E-state index >= 15 is 0 Å². The molecule has 1 aromatic rings. The fourth-order valence-electron chi connectivity index (χ4n) is 2.44. The van der Waals surface area contributed by atoms with Crippen LogP contribution in [-0.2, 0) is 9.59 Å². The maximum atomic E-state index is 12.4. The Bertz CT molecular complexity index is 542. The first-order chi connectivity index (χ1) is 9.08. The molecule has 3 atom stereocenters. The number of carbonyl (C=O) groups excluding carboxylic acids is 1. The number of nitrogens with zero attached hydrogens (tertiary/aromatic N) is 1. The van der Waals surface area contributed by atoms with Crippen LogP contribution in [0.1, 0.15) is 13.3 Å². The number of benzene rings is 1. The monoisotopic (exact) mass is 261 g/mol. The fourth-order valence-corrected chi connectivity index (χ4v) is 2.44. The van der Waals surface area contributed by atoms with Crippen molar-refractivity contribution in [3.8, 4) is 5.75 Å². The first kappa shape index (κ1) is 12.0. The summed E-state index contributed by atoms with van der Waals surface area (Å²) in [5.74, 6) is -0.153. The van der Waals surface area contributed by atoms with E-state index in [4.69, 9.17) is 9.84 Å². The molecule has 0 radical (unpaired) electrons. The minimum atomic E-state index is -1.05. The van der Waals surface area contributed by atoms with Crippen LogP contribution in [0.3, 0.4) is 0 Å². The highest BCUT2D eigenvalue weighted by Crippen LogP contribution is 2.42. The summed E-state index contributed by atoms with van der Waals surface area (Å²) in [5.41, 5.74) is 0.670. The van der Waals surface area contributed by atoms with Gasteiger partial charge >= 0.3 is 5.97 Å². The highest BCUT2D eigenvalue weighted by atomic mass is 16.5. The van der Waals surface area contributed by atoms with Crippen LogP contribution in [-0.4, -0.2) is 29.6 Å². The maximum absolute atomic E-state index is 12.4. The minimum Gasteiger partial charge on any atom is -0.478 e. The summed E-state index contributed by atoms with van der Waals surface area (Å²) in [4.78, 5) is 25.1. The standard InChI is InChI=1S/C14H15NO4/c1-8-6-9(8)13(16)15-7-12(14(17)18)19-11-5-3-2-4-10(11)15/h2-5,8-9,12H,6-7H2,1H3,(H,17,18). The van der Waals surface area contributed by atoms with Crippen LogP contribution >= 0.6 is 0 Å². The van der Waals surface area contributed by atoms with Crippen molar-refractivity contribution in [1.82, 2.24) is 0 Å². The number of carboxylic acids is 1. The molecule has 1 saturated carbocycles. The summed E-state index contributed by atoms with van der Waals surface area (Å²) in [7, 11) is 0. The minimum absolute atomic E-state index is 0.00880. The Morgan fingerprint density at radius 1 is 1.37 bits per heavy atom. The zero-order valence-electron chi connectivity index (χ0n) is 10.6. The van der Waals surface area contributed by atoms with E-state index in [0.717, 1.165) is 6.42 Å². The van der Waals surface area contributed by atoms with Gasteiger partial charge in [0.15, 0.2) is 0 Å². The van der Waals surface area contributed by atoms with Crippen molar-refractivity contribution >= 4 is 17.6 Å². The summed E-state index contributed by atoms with van der Waals surface area (Å²) in [6.07, 6.45) is -0.108. The van der Waals surface area contributed by atoms with E-state index in [1.165, 1.54) is 0 Å². The van der Waals surface area contributed by atoms with Crippen LogP contribution in [0, 0.1) is 11.8 Å². The van der Waals surface area contributed by atoms with Crippen molar-refractivity contribution in [2.75, 3.05) is 11.4 Å². The summed E-state index contributed by atoms with van der Waals surface area (Å²) in [6.45, 7) is 2.11. The van der Waals surface area contributed by atoms with Crippen molar-refractivity contribution in [1.29, 1.82) is 0 Å². The third-order valence-corrected chi connectivity index (χ3v) is 3.74. The number of para-hydroxylation sites is 2. The molecule has 100 valence electrons. The zero-order valence-corrected chi connectivity index (χ0v) is 10.6. The molecule has 5 heteroatoms. The van der Waals surface area contributed by atoms with Gasteiger partial charge in [-0.05, 0) is 24.5 Å². The SMILES string of the molecule is CC1CC1C(=O)N1CC(C(=O)O)Oc2ccccc21. The molecule has 1 amide bonds. The Balaban J connectivity index is 1.93. The van der Waals surface area contributed by atoms with Crippen LogP contribution in [0.2, 0.25) is 0 Å². The van der Waals surface area contributed by atoms with Crippen LogP contribution in [0.4, 0.5) is 5.69 Å². The van der Waals surface area contributed by atoms with E-state index in [1.807, 2.05) is 13.0 Å². The van der Waals surface area contributed by atoms with E-state index in [-0.39, 0.29) is 18.4 Å². The van der Waals surface area contributed by atoms with Crippen LogP contribution < -0.4 is 9.64 Å². The second kappa shape index (κ2) is 4.26. The lowest BCUT2D eigenvalue weighted by Gasteiger charge is -2.33. The third-order valence-electron chi connectivity index (χ3n) is 3.74. The van der Waals surface area contributed by atoms with Crippen molar-refractivity contribution in [3.05, 3.63) is 24.3 Å². The van der Waals surface area contributed by atoms with E-state index < -0.39 is 12.1 Å². The molecular weight excluding hydrogens is 246 g/mol. The lowest BCUT2D eigenvalue weighted by molar-refractivity contribution is -0.145. The molecule has 1 N–H and O–H groups in total. The number of carbonyl (C=O) groups is 2. The Kier molecular flexibility index (Phi) is 2.69. The van der Waals surface area contributed by atoms with Crippen molar-refractivity contribution in [2.24, 2.45) is 11.8 Å². The Labute approximate surface area is 110 Å². The number of rotatable bonds is 2. The maximum Gasteiger partial charge on any atom is 0.346 e. The van der Waals surface area contributed by atoms with Gasteiger partial charge in [-0.15, -0.1) is 0 Å². The number of carboxylic acid groups (broad SMARTS) is 1. The molecule has 5 nitrogen and oxygen atoms in total. The number of anilines is 1. The number of hydrogen-bond donors (Lipinski definition) is 1. The number of hydrogen-bond acceptors (Lipinski definition) is 3. The Morgan fingerprint density at radius 2 is 2.05 bits per heavy atom. The van der Waals surface area contributed by atoms with Crippen LogP contribution in [0.15, 0.2) is 24.3 Å². The summed E-state index contributed by atoms with van der Waals surface area (Å²) >= 11 is 0. The largest absolute Gasteiger partial charge is 0.478 e. The molecule has 1 aromatic carbocycles.